The molecule has 0 amide bonds. The number of rotatable bonds is 10. The van der Waals surface area contributed by atoms with Gasteiger partial charge in [-0.2, -0.15) is 0 Å². The van der Waals surface area contributed by atoms with Crippen LogP contribution in [0.2, 0.25) is 0 Å². The summed E-state index contributed by atoms with van der Waals surface area (Å²) < 4.78 is 32.7. The number of hydrogen-bond donors (Lipinski definition) is 4. The molecule has 0 saturated carbocycles. The first-order valence-corrected chi connectivity index (χ1v) is 12.3. The largest absolute Gasteiger partial charge is 0.493 e. The minimum Gasteiger partial charge on any atom is -0.493 e. The van der Waals surface area contributed by atoms with E-state index >= 15 is 0 Å². The highest BCUT2D eigenvalue weighted by Crippen LogP contribution is 2.36. The number of benzene rings is 2. The third-order valence-electron chi connectivity index (χ3n) is 7.03. The van der Waals surface area contributed by atoms with Gasteiger partial charge >= 0.3 is 5.97 Å². The second-order valence-corrected chi connectivity index (χ2v) is 9.39. The summed E-state index contributed by atoms with van der Waals surface area (Å²) in [6.07, 6.45) is -5.99. The van der Waals surface area contributed by atoms with Crippen LogP contribution in [-0.2, 0) is 27.1 Å². The molecule has 2 heterocycles. The lowest BCUT2D eigenvalue weighted by molar-refractivity contribution is -0.277. The molecule has 4 N–H and O–H groups in total. The Hall–Kier alpha value is -3.09. The number of hydrogen-bond acceptors (Lipinski definition) is 11. The maximum atomic E-state index is 12.6. The van der Waals surface area contributed by atoms with Crippen molar-refractivity contribution in [1.82, 2.24) is 0 Å². The molecule has 0 aliphatic carbocycles. The summed E-state index contributed by atoms with van der Waals surface area (Å²) >= 11 is 0. The van der Waals surface area contributed by atoms with Crippen LogP contribution in [0.3, 0.4) is 0 Å². The van der Waals surface area contributed by atoms with Crippen LogP contribution in [-0.4, -0.2) is 91.6 Å². The SMILES string of the molecule is COc1ccc(C[C@@H]2C(=O)OC[C@@H]2Cc2ccc(O[C@H]3O[C@H](CO)[C@@H](O)[C@H](O)[C@H]3O)c(OC)c2)cc1OC. The van der Waals surface area contributed by atoms with Crippen molar-refractivity contribution in [3.63, 3.8) is 0 Å². The fourth-order valence-corrected chi connectivity index (χ4v) is 4.85. The molecule has 38 heavy (non-hydrogen) atoms. The average molecular weight is 535 g/mol. The first-order chi connectivity index (χ1) is 18.3. The maximum Gasteiger partial charge on any atom is 0.309 e. The molecule has 11 nitrogen and oxygen atoms in total. The predicted molar refractivity (Wildman–Crippen MR) is 132 cm³/mol. The van der Waals surface area contributed by atoms with Crippen LogP contribution in [0.25, 0.3) is 0 Å². The monoisotopic (exact) mass is 534 g/mol. The lowest BCUT2D eigenvalue weighted by atomic mass is 9.85. The van der Waals surface area contributed by atoms with E-state index in [2.05, 4.69) is 0 Å². The molecule has 208 valence electrons. The van der Waals surface area contributed by atoms with E-state index in [-0.39, 0.29) is 23.6 Å². The van der Waals surface area contributed by atoms with Gasteiger partial charge in [-0.05, 0) is 48.2 Å². The molecule has 2 aromatic carbocycles. The van der Waals surface area contributed by atoms with E-state index in [4.69, 9.17) is 28.4 Å². The van der Waals surface area contributed by atoms with E-state index in [0.717, 1.165) is 11.1 Å². The fourth-order valence-electron chi connectivity index (χ4n) is 4.85. The van der Waals surface area contributed by atoms with Crippen LogP contribution in [0, 0.1) is 11.8 Å². The van der Waals surface area contributed by atoms with Gasteiger partial charge in [-0.1, -0.05) is 12.1 Å². The van der Waals surface area contributed by atoms with E-state index in [1.165, 1.54) is 7.11 Å². The van der Waals surface area contributed by atoms with Crippen LogP contribution in [0.4, 0.5) is 0 Å². The van der Waals surface area contributed by atoms with Crippen molar-refractivity contribution in [2.75, 3.05) is 34.5 Å². The summed E-state index contributed by atoms with van der Waals surface area (Å²) in [5.74, 6) is 1.12. The van der Waals surface area contributed by atoms with Crippen LogP contribution in [0.1, 0.15) is 11.1 Å². The Bertz CT molecular complexity index is 1100. The van der Waals surface area contributed by atoms with Gasteiger partial charge in [-0.15, -0.1) is 0 Å². The molecule has 11 heteroatoms. The zero-order valence-electron chi connectivity index (χ0n) is 21.5. The van der Waals surface area contributed by atoms with Gasteiger partial charge < -0.3 is 48.8 Å². The summed E-state index contributed by atoms with van der Waals surface area (Å²) in [4.78, 5) is 12.6. The van der Waals surface area contributed by atoms with Crippen molar-refractivity contribution in [3.8, 4) is 23.0 Å². The Balaban J connectivity index is 1.47. The van der Waals surface area contributed by atoms with E-state index < -0.39 is 37.3 Å². The Morgan fingerprint density at radius 2 is 1.42 bits per heavy atom. The Morgan fingerprint density at radius 1 is 0.816 bits per heavy atom. The molecule has 2 aliphatic heterocycles. The smallest absolute Gasteiger partial charge is 0.309 e. The topological polar surface area (TPSA) is 153 Å². The zero-order chi connectivity index (χ0) is 27.4. The third-order valence-corrected chi connectivity index (χ3v) is 7.03. The highest BCUT2D eigenvalue weighted by atomic mass is 16.7. The van der Waals surface area contributed by atoms with Gasteiger partial charge in [0.2, 0.25) is 6.29 Å². The van der Waals surface area contributed by atoms with E-state index in [1.54, 1.807) is 32.4 Å². The number of aliphatic hydroxyl groups excluding tert-OH is 4. The van der Waals surface area contributed by atoms with Crippen LogP contribution in [0.15, 0.2) is 36.4 Å². The van der Waals surface area contributed by atoms with E-state index in [0.29, 0.717) is 36.7 Å². The molecule has 0 aromatic heterocycles. The van der Waals surface area contributed by atoms with Crippen LogP contribution < -0.4 is 18.9 Å². The molecule has 0 bridgehead atoms. The molecule has 2 fully saturated rings. The first-order valence-electron chi connectivity index (χ1n) is 12.3. The molecular formula is C27H34O11. The van der Waals surface area contributed by atoms with Crippen molar-refractivity contribution in [1.29, 1.82) is 0 Å². The summed E-state index contributed by atoms with van der Waals surface area (Å²) in [6.45, 7) is -0.268. The number of cyclic esters (lactones) is 1. The Kier molecular flexibility index (Phi) is 8.95. The van der Waals surface area contributed by atoms with Crippen LogP contribution in [0.5, 0.6) is 23.0 Å². The number of carbonyl (C=O) groups is 1. The highest BCUT2D eigenvalue weighted by Gasteiger charge is 2.45. The molecule has 2 aliphatic rings. The minimum atomic E-state index is -1.56. The molecule has 2 saturated heterocycles. The molecule has 0 radical (unpaired) electrons. The molecule has 0 unspecified atom stereocenters. The van der Waals surface area contributed by atoms with E-state index in [9.17, 15) is 25.2 Å². The standard InChI is InChI=1S/C27H34O11/c1-33-18-6-4-15(11-20(18)34-2)9-17-16(13-36-26(17)32)8-14-5-7-19(21(10-14)35-3)37-27-25(31)24(30)23(29)22(12-28)38-27/h4-7,10-11,16-17,22-25,27-31H,8-9,12-13H2,1-3H3/t16-,17-,22+,23+,24-,25+,27-/m0/s1. The summed E-state index contributed by atoms with van der Waals surface area (Å²) in [7, 11) is 4.59. The van der Waals surface area contributed by atoms with Crippen molar-refractivity contribution >= 4 is 5.97 Å². The number of ether oxygens (including phenoxy) is 6. The van der Waals surface area contributed by atoms with Gasteiger partial charge in [0.1, 0.15) is 24.4 Å². The van der Waals surface area contributed by atoms with Gasteiger partial charge in [0.05, 0.1) is 40.5 Å². The highest BCUT2D eigenvalue weighted by molar-refractivity contribution is 5.75. The molecule has 4 rings (SSSR count). The molecule has 2 aromatic rings. The Labute approximate surface area is 220 Å². The van der Waals surface area contributed by atoms with Gasteiger partial charge in [0.15, 0.2) is 23.0 Å². The van der Waals surface area contributed by atoms with E-state index in [1.807, 2.05) is 18.2 Å². The Morgan fingerprint density at radius 3 is 2.05 bits per heavy atom. The quantitative estimate of drug-likeness (QED) is 0.315. The minimum absolute atomic E-state index is 0.0717. The third kappa shape index (κ3) is 5.82. The molecule has 0 spiro atoms. The predicted octanol–water partition coefficient (Wildman–Crippen LogP) is 0.466. The number of methoxy groups -OCH3 is 3. The van der Waals surface area contributed by atoms with Crippen molar-refractivity contribution in [3.05, 3.63) is 47.5 Å². The number of esters is 1. The van der Waals surface area contributed by atoms with Crippen molar-refractivity contribution in [2.24, 2.45) is 11.8 Å². The summed E-state index contributed by atoms with van der Waals surface area (Å²) in [5, 5.41) is 39.7. The number of carbonyl (C=O) groups excluding carboxylic acids is 1. The van der Waals surface area contributed by atoms with Gasteiger partial charge in [0, 0.05) is 5.92 Å². The lowest BCUT2D eigenvalue weighted by Crippen LogP contribution is -2.60. The second kappa shape index (κ2) is 12.2. The van der Waals surface area contributed by atoms with Crippen LogP contribution >= 0.6 is 0 Å². The fraction of sp³-hybridized carbons (Fsp3) is 0.519. The maximum absolute atomic E-state index is 12.6. The second-order valence-electron chi connectivity index (χ2n) is 9.39. The first kappa shape index (κ1) is 27.9. The summed E-state index contributed by atoms with van der Waals surface area (Å²) in [5.41, 5.74) is 1.81. The molecule has 7 atom stereocenters. The summed E-state index contributed by atoms with van der Waals surface area (Å²) in [6, 6.07) is 10.8. The van der Waals surface area contributed by atoms with Crippen molar-refractivity contribution < 1.29 is 53.6 Å². The van der Waals surface area contributed by atoms with Gasteiger partial charge in [-0.25, -0.2) is 0 Å². The lowest BCUT2D eigenvalue weighted by Gasteiger charge is -2.39. The van der Waals surface area contributed by atoms with Gasteiger partial charge in [0.25, 0.3) is 0 Å². The zero-order valence-corrected chi connectivity index (χ0v) is 21.5. The average Bonchev–Trinajstić information content (AvgIpc) is 3.27. The number of aliphatic hydroxyl groups is 4. The molecular weight excluding hydrogens is 500 g/mol. The van der Waals surface area contributed by atoms with Crippen molar-refractivity contribution in [2.45, 2.75) is 43.5 Å². The normalized spacial score (nSPS) is 29.0. The van der Waals surface area contributed by atoms with Gasteiger partial charge in [-0.3, -0.25) is 4.79 Å².